The fourth-order valence-corrected chi connectivity index (χ4v) is 6.40. The van der Waals surface area contributed by atoms with E-state index in [1.807, 2.05) is 0 Å². The number of ether oxygens (including phenoxy) is 2. The molecule has 0 aromatic rings. The quantitative estimate of drug-likeness (QED) is 0.200. The van der Waals surface area contributed by atoms with Gasteiger partial charge in [-0.2, -0.15) is 16.8 Å². The van der Waals surface area contributed by atoms with Gasteiger partial charge in [-0.1, -0.05) is 12.8 Å². The molecule has 2 aliphatic rings. The first kappa shape index (κ1) is 29.0. The van der Waals surface area contributed by atoms with E-state index in [4.69, 9.17) is 17.8 Å². The first-order valence-corrected chi connectivity index (χ1v) is 15.4. The Kier molecular flexibility index (Phi) is 11.7. The van der Waals surface area contributed by atoms with Crippen LogP contribution < -0.4 is 0 Å². The van der Waals surface area contributed by atoms with Gasteiger partial charge in [-0.05, 0) is 78.1 Å². The molecular formula is C22H38O10S2. The number of unbranched alkanes of at least 4 members (excludes halogenated alkanes) is 1. The van der Waals surface area contributed by atoms with E-state index < -0.39 is 55.9 Å². The van der Waals surface area contributed by atoms with Crippen LogP contribution in [0.15, 0.2) is 0 Å². The summed E-state index contributed by atoms with van der Waals surface area (Å²) in [5.41, 5.74) is 0. The molecule has 2 unspecified atom stereocenters. The smallest absolute Gasteiger partial charge is 0.336 e. The van der Waals surface area contributed by atoms with Crippen LogP contribution in [0.5, 0.6) is 0 Å². The Morgan fingerprint density at radius 2 is 0.971 bits per heavy atom. The van der Waals surface area contributed by atoms with Crippen molar-refractivity contribution in [1.29, 1.82) is 0 Å². The van der Waals surface area contributed by atoms with E-state index >= 15 is 0 Å². The first-order chi connectivity index (χ1) is 16.0. The van der Waals surface area contributed by atoms with Crippen LogP contribution in [0, 0.1) is 0 Å². The fraction of sp³-hybridized carbons (Fsp3) is 0.909. The molecule has 0 aliphatic heterocycles. The third-order valence-corrected chi connectivity index (χ3v) is 8.70. The van der Waals surface area contributed by atoms with E-state index in [9.17, 15) is 26.4 Å². The highest BCUT2D eigenvalue weighted by atomic mass is 32.2. The number of hydrogen-bond acceptors (Lipinski definition) is 10. The minimum atomic E-state index is -4.05. The number of carbonyl (C=O) groups excluding carboxylic acids is 2. The Hall–Kier alpha value is -1.24. The number of rotatable bonds is 13. The Morgan fingerprint density at radius 1 is 0.647 bits per heavy atom. The maximum absolute atomic E-state index is 12.1. The lowest BCUT2D eigenvalue weighted by atomic mass is 9.98. The lowest BCUT2D eigenvalue weighted by Gasteiger charge is -2.23. The van der Waals surface area contributed by atoms with E-state index in [-0.39, 0.29) is 25.0 Å². The predicted molar refractivity (Wildman–Crippen MR) is 124 cm³/mol. The molecule has 0 bridgehead atoms. The monoisotopic (exact) mass is 526 g/mol. The second-order valence-electron chi connectivity index (χ2n) is 9.10. The standard InChI is InChI=1S/C22H38O10S2/c1-17(21(23)29-19-11-5-3-6-12-19)31-33(25,26)15-9-10-16-34(27,28)32-18(2)22(24)30-20-13-7-4-8-14-20/h17-20H,3-16H2,1-2H3. The van der Waals surface area contributed by atoms with E-state index in [1.165, 1.54) is 13.8 Å². The Morgan fingerprint density at radius 3 is 1.29 bits per heavy atom. The summed E-state index contributed by atoms with van der Waals surface area (Å²) in [7, 11) is -8.10. The van der Waals surface area contributed by atoms with Gasteiger partial charge in [-0.15, -0.1) is 0 Å². The van der Waals surface area contributed by atoms with Crippen LogP contribution in [0.3, 0.4) is 0 Å². The number of esters is 2. The van der Waals surface area contributed by atoms with Crippen LogP contribution in [0.4, 0.5) is 0 Å². The van der Waals surface area contributed by atoms with Crippen molar-refractivity contribution in [2.24, 2.45) is 0 Å². The Balaban J connectivity index is 1.67. The topological polar surface area (TPSA) is 139 Å². The summed E-state index contributed by atoms with van der Waals surface area (Å²) in [6, 6.07) is 0. The summed E-state index contributed by atoms with van der Waals surface area (Å²) in [5, 5.41) is 0. The zero-order valence-corrected chi connectivity index (χ0v) is 21.7. The molecule has 12 heteroatoms. The molecule has 0 radical (unpaired) electrons. The molecule has 2 atom stereocenters. The van der Waals surface area contributed by atoms with Gasteiger partial charge in [0.2, 0.25) is 0 Å². The zero-order chi connectivity index (χ0) is 25.2. The van der Waals surface area contributed by atoms with E-state index in [1.54, 1.807) is 0 Å². The minimum absolute atomic E-state index is 0.0176. The maximum Gasteiger partial charge on any atom is 0.336 e. The predicted octanol–water partition coefficient (Wildman–Crippen LogP) is 2.99. The van der Waals surface area contributed by atoms with Crippen molar-refractivity contribution >= 4 is 32.2 Å². The number of hydrogen-bond donors (Lipinski definition) is 0. The third-order valence-electron chi connectivity index (χ3n) is 5.95. The summed E-state index contributed by atoms with van der Waals surface area (Å²) < 4.78 is 69.0. The van der Waals surface area contributed by atoms with E-state index in [2.05, 4.69) is 0 Å². The van der Waals surface area contributed by atoms with Crippen LogP contribution in [-0.4, -0.2) is 64.7 Å². The van der Waals surface area contributed by atoms with Crippen molar-refractivity contribution in [1.82, 2.24) is 0 Å². The molecule has 198 valence electrons. The Bertz CT molecular complexity index is 784. The molecule has 2 rings (SSSR count). The van der Waals surface area contributed by atoms with Crippen LogP contribution in [0.25, 0.3) is 0 Å². The highest BCUT2D eigenvalue weighted by molar-refractivity contribution is 7.87. The summed E-state index contributed by atoms with van der Waals surface area (Å²) in [6.45, 7) is 2.63. The second kappa shape index (κ2) is 13.7. The lowest BCUT2D eigenvalue weighted by molar-refractivity contribution is -0.158. The van der Waals surface area contributed by atoms with Crippen molar-refractivity contribution < 1.29 is 44.3 Å². The maximum atomic E-state index is 12.1. The van der Waals surface area contributed by atoms with Crippen LogP contribution in [0.2, 0.25) is 0 Å². The van der Waals surface area contributed by atoms with Gasteiger partial charge in [0.15, 0.2) is 12.2 Å². The molecule has 2 fully saturated rings. The molecule has 10 nitrogen and oxygen atoms in total. The van der Waals surface area contributed by atoms with Crippen LogP contribution >= 0.6 is 0 Å². The molecule has 0 aromatic carbocycles. The first-order valence-electron chi connectivity index (χ1n) is 12.2. The number of carbonyl (C=O) groups is 2. The zero-order valence-electron chi connectivity index (χ0n) is 20.1. The van der Waals surface area contributed by atoms with Gasteiger partial charge in [0.05, 0.1) is 11.5 Å². The van der Waals surface area contributed by atoms with Crippen LogP contribution in [-0.2, 0) is 47.7 Å². The lowest BCUT2D eigenvalue weighted by Crippen LogP contribution is -2.32. The molecule has 2 aliphatic carbocycles. The van der Waals surface area contributed by atoms with E-state index in [0.717, 1.165) is 64.2 Å². The molecule has 0 aromatic heterocycles. The van der Waals surface area contributed by atoms with Gasteiger partial charge >= 0.3 is 11.9 Å². The minimum Gasteiger partial charge on any atom is -0.460 e. The largest absolute Gasteiger partial charge is 0.460 e. The van der Waals surface area contributed by atoms with Gasteiger partial charge < -0.3 is 9.47 Å². The average Bonchev–Trinajstić information content (AvgIpc) is 2.77. The fourth-order valence-electron chi connectivity index (χ4n) is 4.06. The van der Waals surface area contributed by atoms with Crippen LogP contribution in [0.1, 0.15) is 90.9 Å². The second-order valence-corrected chi connectivity index (χ2v) is 12.5. The SMILES string of the molecule is CC(OS(=O)(=O)CCCCS(=O)(=O)OC(C)C(=O)OC1CCCCC1)C(=O)OC1CCCCC1. The Labute approximate surface area is 203 Å². The normalized spacial score (nSPS) is 20.4. The summed E-state index contributed by atoms with van der Waals surface area (Å²) >= 11 is 0. The molecule has 0 heterocycles. The summed E-state index contributed by atoms with van der Waals surface area (Å²) in [6.07, 6.45) is 6.14. The van der Waals surface area contributed by atoms with Crippen molar-refractivity contribution in [2.75, 3.05) is 11.5 Å². The highest BCUT2D eigenvalue weighted by Crippen LogP contribution is 2.22. The van der Waals surface area contributed by atoms with Gasteiger partial charge in [0.1, 0.15) is 12.2 Å². The highest BCUT2D eigenvalue weighted by Gasteiger charge is 2.28. The molecule has 0 N–H and O–H groups in total. The molecule has 0 spiro atoms. The molecule has 0 amide bonds. The molecular weight excluding hydrogens is 488 g/mol. The molecule has 34 heavy (non-hydrogen) atoms. The molecule has 0 saturated heterocycles. The third kappa shape index (κ3) is 11.0. The summed E-state index contributed by atoms with van der Waals surface area (Å²) in [4.78, 5) is 24.2. The van der Waals surface area contributed by atoms with Gasteiger partial charge in [0, 0.05) is 0 Å². The van der Waals surface area contributed by atoms with E-state index in [0.29, 0.717) is 0 Å². The average molecular weight is 527 g/mol. The summed E-state index contributed by atoms with van der Waals surface area (Å²) in [5.74, 6) is -2.35. The van der Waals surface area contributed by atoms with Gasteiger partial charge in [-0.3, -0.25) is 8.37 Å². The van der Waals surface area contributed by atoms with Gasteiger partial charge in [-0.25, -0.2) is 9.59 Å². The van der Waals surface area contributed by atoms with Crippen molar-refractivity contribution in [3.05, 3.63) is 0 Å². The van der Waals surface area contributed by atoms with Gasteiger partial charge in [0.25, 0.3) is 20.2 Å². The van der Waals surface area contributed by atoms with Crippen molar-refractivity contribution in [3.63, 3.8) is 0 Å². The van der Waals surface area contributed by atoms with Crippen molar-refractivity contribution in [3.8, 4) is 0 Å². The molecule has 2 saturated carbocycles. The van der Waals surface area contributed by atoms with Crippen molar-refractivity contribution in [2.45, 2.75) is 115 Å².